The first-order chi connectivity index (χ1) is 33.2. The molecule has 0 saturated heterocycles. The molecule has 6 heteroatoms. The topological polar surface area (TPSA) is 78.0 Å². The molecule has 3 aliphatic rings. The van der Waals surface area contributed by atoms with Crippen molar-refractivity contribution < 1.29 is 19.5 Å². The first kappa shape index (κ1) is 50.8. The van der Waals surface area contributed by atoms with Crippen molar-refractivity contribution in [2.75, 3.05) is 14.2 Å². The maximum Gasteiger partial charge on any atom is 0.217 e. The summed E-state index contributed by atoms with van der Waals surface area (Å²) in [7, 11) is 3.58. The zero-order valence-electron chi connectivity index (χ0n) is 44.0. The lowest BCUT2D eigenvalue weighted by Gasteiger charge is -2.11. The largest absolute Gasteiger partial charge is 0.497 e. The van der Waals surface area contributed by atoms with Crippen LogP contribution >= 0.6 is 0 Å². The molecule has 0 spiro atoms. The zero-order valence-corrected chi connectivity index (χ0v) is 44.0. The second kappa shape index (κ2) is 24.4. The van der Waals surface area contributed by atoms with Crippen LogP contribution in [0.3, 0.4) is 0 Å². The number of benzene rings is 2. The normalized spacial score (nSPS) is 15.0. The van der Waals surface area contributed by atoms with Gasteiger partial charge in [0, 0.05) is 40.1 Å². The van der Waals surface area contributed by atoms with Crippen molar-refractivity contribution in [2.24, 2.45) is 0 Å². The minimum Gasteiger partial charge on any atom is -0.497 e. The van der Waals surface area contributed by atoms with Gasteiger partial charge >= 0.3 is 0 Å². The molecule has 0 aliphatic carbocycles. The van der Waals surface area contributed by atoms with E-state index in [-0.39, 0.29) is 0 Å². The number of rotatable bonds is 24. The number of fused-ring (bicyclic) bond motifs is 6. The molecular weight excluding hydrogens is 833 g/mol. The average molecular weight is 919 g/mol. The van der Waals surface area contributed by atoms with Crippen LogP contribution in [0.1, 0.15) is 220 Å². The Hall–Kier alpha value is -5.10. The smallest absolute Gasteiger partial charge is 0.217 e. The molecule has 0 fully saturated rings. The first-order valence-electron chi connectivity index (χ1n) is 27.0. The first-order valence-corrected chi connectivity index (χ1v) is 27.0. The summed E-state index contributed by atoms with van der Waals surface area (Å²) in [5.74, 6) is 1.76. The predicted octanol–water partition coefficient (Wildman–Crippen LogP) is 13.4. The summed E-state index contributed by atoms with van der Waals surface area (Å²) in [6, 6.07) is 17.5. The van der Waals surface area contributed by atoms with E-state index in [4.69, 9.17) is 9.47 Å². The van der Waals surface area contributed by atoms with E-state index in [0.29, 0.717) is 0 Å². The van der Waals surface area contributed by atoms with Gasteiger partial charge in [0.2, 0.25) is 11.4 Å². The molecule has 0 radical (unpaired) electrons. The Labute approximate surface area is 411 Å². The van der Waals surface area contributed by atoms with E-state index in [1.54, 1.807) is 14.2 Å². The number of methoxy groups -OCH3 is 2. The molecule has 0 amide bonds. The zero-order chi connectivity index (χ0) is 48.2. The second-order valence-electron chi connectivity index (χ2n) is 20.1. The molecule has 2 aromatic heterocycles. The fourth-order valence-corrected chi connectivity index (χ4v) is 11.4. The lowest BCUT2D eigenvalue weighted by atomic mass is 9.89. The number of aromatic amines is 2. The van der Waals surface area contributed by atoms with Crippen molar-refractivity contribution in [1.29, 1.82) is 0 Å². The monoisotopic (exact) mass is 919 g/mol. The molecule has 68 heavy (non-hydrogen) atoms. The van der Waals surface area contributed by atoms with Crippen LogP contribution in [-0.2, 0) is 19.3 Å². The maximum atomic E-state index is 5.95. The molecule has 2 aromatic carbocycles. The van der Waals surface area contributed by atoms with Crippen LogP contribution in [0.5, 0.6) is 11.5 Å². The minimum absolute atomic E-state index is 0.819. The molecule has 5 heterocycles. The quantitative estimate of drug-likeness (QED) is 0.0529. The Balaban J connectivity index is 1.57. The van der Waals surface area contributed by atoms with Crippen molar-refractivity contribution in [3.63, 3.8) is 0 Å². The number of allylic oxidation sites excluding steroid dienone is 4. The molecular formula is C62H86N4O2+2. The third-order valence-corrected chi connectivity index (χ3v) is 15.4. The van der Waals surface area contributed by atoms with Crippen LogP contribution in [0.2, 0.25) is 0 Å². The van der Waals surface area contributed by atoms with Gasteiger partial charge in [0.15, 0.2) is 11.4 Å². The Morgan fingerprint density at radius 2 is 0.853 bits per heavy atom. The van der Waals surface area contributed by atoms with Gasteiger partial charge in [-0.2, -0.15) is 0 Å². The van der Waals surface area contributed by atoms with Crippen molar-refractivity contribution in [1.82, 2.24) is 9.97 Å². The molecule has 4 aromatic rings. The van der Waals surface area contributed by atoms with Crippen molar-refractivity contribution in [2.45, 2.75) is 197 Å². The number of aromatic nitrogens is 2. The van der Waals surface area contributed by atoms with Gasteiger partial charge in [0.25, 0.3) is 0 Å². The fourth-order valence-electron chi connectivity index (χ4n) is 11.4. The molecule has 0 saturated carbocycles. The van der Waals surface area contributed by atoms with Crippen LogP contribution < -0.4 is 19.5 Å². The summed E-state index contributed by atoms with van der Waals surface area (Å²) in [5, 5.41) is 0. The van der Waals surface area contributed by atoms with E-state index < -0.39 is 0 Å². The molecule has 0 unspecified atom stereocenters. The lowest BCUT2D eigenvalue weighted by molar-refractivity contribution is -0.393. The number of unbranched alkanes of at least 4 members (excludes halogenated alkanes) is 12. The van der Waals surface area contributed by atoms with Gasteiger partial charge in [-0.05, 0) is 137 Å². The fraction of sp³-hybridized carbons (Fsp3) is 0.516. The SMILES string of the molecule is CCCCCCC1=C(C)C2=C(c3cccc(OC)c3)c3[nH]c(c(CCCCCC)c3C)Cc3[nH]c(c(C)c3CCCCCC)C(c3cccc(OC)c3)=C3[NH+]=C(CC1=[NH+]2)C(CCCCCC)=C3C. The summed E-state index contributed by atoms with van der Waals surface area (Å²) in [6.07, 6.45) is 25.6. The number of hydrogen-bond donors (Lipinski definition) is 4. The van der Waals surface area contributed by atoms with E-state index in [1.165, 1.54) is 215 Å². The van der Waals surface area contributed by atoms with Crippen molar-refractivity contribution in [3.8, 4) is 11.5 Å². The Bertz CT molecular complexity index is 2400. The summed E-state index contributed by atoms with van der Waals surface area (Å²) in [5.41, 5.74) is 26.5. The summed E-state index contributed by atoms with van der Waals surface area (Å²) >= 11 is 0. The molecule has 0 atom stereocenters. The van der Waals surface area contributed by atoms with Gasteiger partial charge in [0.05, 0.1) is 36.8 Å². The Morgan fingerprint density at radius 1 is 0.471 bits per heavy atom. The molecule has 7 rings (SSSR count). The van der Waals surface area contributed by atoms with Crippen LogP contribution in [-0.4, -0.2) is 35.6 Å². The molecule has 6 nitrogen and oxygen atoms in total. The van der Waals surface area contributed by atoms with E-state index in [1.807, 2.05) is 0 Å². The lowest BCUT2D eigenvalue weighted by Crippen LogP contribution is -2.73. The number of hydrogen-bond acceptors (Lipinski definition) is 2. The highest BCUT2D eigenvalue weighted by Gasteiger charge is 2.39. The van der Waals surface area contributed by atoms with Crippen LogP contribution in [0.15, 0.2) is 82.2 Å². The van der Waals surface area contributed by atoms with Gasteiger partial charge in [-0.15, -0.1) is 0 Å². The molecule has 3 aliphatic heterocycles. The Kier molecular flexibility index (Phi) is 18.3. The Morgan fingerprint density at radius 3 is 1.22 bits per heavy atom. The van der Waals surface area contributed by atoms with Gasteiger partial charge in [0.1, 0.15) is 17.9 Å². The average Bonchev–Trinajstić information content (AvgIpc) is 4.03. The van der Waals surface area contributed by atoms with Crippen LogP contribution in [0, 0.1) is 13.8 Å². The maximum absolute atomic E-state index is 5.95. The van der Waals surface area contributed by atoms with Gasteiger partial charge in [-0.3, -0.25) is 0 Å². The van der Waals surface area contributed by atoms with Crippen LogP contribution in [0.4, 0.5) is 0 Å². The minimum atomic E-state index is 0.819. The summed E-state index contributed by atoms with van der Waals surface area (Å²) < 4.78 is 11.9. The predicted molar refractivity (Wildman–Crippen MR) is 287 cm³/mol. The molecule has 364 valence electrons. The van der Waals surface area contributed by atoms with Crippen molar-refractivity contribution >= 4 is 22.6 Å². The molecule has 8 bridgehead atoms. The van der Waals surface area contributed by atoms with E-state index in [2.05, 4.69) is 124 Å². The standard InChI is InChI=1S/C62H84N4O2/c1-11-15-19-23-33-49-41(5)59-57(45-29-27-31-47(37-45)67-9)60-43(7)51(35-25-21-17-13-3)55(65-60)40-56-52(36-26-22-18-14-4)44(8)62(66-56)58(46-30-28-32-48(38-46)68-10)61-42(6)50(34-24-20-16-12-2)54(64-61)39-53(49)63-59/h27-32,37-38,63-64H,11-26,33-36,39-40H2,1-10H3/p+2. The van der Waals surface area contributed by atoms with E-state index in [9.17, 15) is 0 Å². The third-order valence-electron chi connectivity index (χ3n) is 15.4. The number of nitrogens with one attached hydrogen (secondary N) is 4. The van der Waals surface area contributed by atoms with Gasteiger partial charge in [-0.1, -0.05) is 129 Å². The van der Waals surface area contributed by atoms with Crippen molar-refractivity contribution in [3.05, 3.63) is 138 Å². The third kappa shape index (κ3) is 11.3. The van der Waals surface area contributed by atoms with Gasteiger partial charge in [-0.25, -0.2) is 9.98 Å². The highest BCUT2D eigenvalue weighted by atomic mass is 16.5. The highest BCUT2D eigenvalue weighted by molar-refractivity contribution is 6.16. The number of H-pyrrole nitrogens is 2. The highest BCUT2D eigenvalue weighted by Crippen LogP contribution is 2.40. The summed E-state index contributed by atoms with van der Waals surface area (Å²) in [4.78, 5) is 17.0. The van der Waals surface area contributed by atoms with E-state index >= 15 is 0 Å². The van der Waals surface area contributed by atoms with Gasteiger partial charge < -0.3 is 19.4 Å². The molecule has 4 N–H and O–H groups in total. The second-order valence-corrected chi connectivity index (χ2v) is 20.1. The summed E-state index contributed by atoms with van der Waals surface area (Å²) in [6.45, 7) is 18.8. The van der Waals surface area contributed by atoms with Crippen LogP contribution in [0.25, 0.3) is 11.1 Å². The number of ether oxygens (including phenoxy) is 2. The van der Waals surface area contributed by atoms with E-state index in [0.717, 1.165) is 50.0 Å².